The van der Waals surface area contributed by atoms with Gasteiger partial charge < -0.3 is 5.32 Å². The van der Waals surface area contributed by atoms with Crippen molar-refractivity contribution in [2.24, 2.45) is 0 Å². The molecule has 7 nitrogen and oxygen atoms in total. The van der Waals surface area contributed by atoms with Crippen LogP contribution in [-0.2, 0) is 14.8 Å². The lowest BCUT2D eigenvalue weighted by Crippen LogP contribution is -2.35. The lowest BCUT2D eigenvalue weighted by molar-refractivity contribution is -0.116. The van der Waals surface area contributed by atoms with Gasteiger partial charge in [-0.1, -0.05) is 23.2 Å². The van der Waals surface area contributed by atoms with Crippen molar-refractivity contribution >= 4 is 45.0 Å². The number of hydrogen-bond donors (Lipinski definition) is 1. The molecule has 0 fully saturated rings. The molecule has 2 aromatic rings. The summed E-state index contributed by atoms with van der Waals surface area (Å²) in [7, 11) is -2.72. The number of carbonyl (C=O) groups is 1. The van der Waals surface area contributed by atoms with Gasteiger partial charge in [0.2, 0.25) is 15.9 Å². The molecular weight excluding hydrogens is 375 g/mol. The number of pyridine rings is 2. The second-order valence-electron chi connectivity index (χ2n) is 4.95. The molecule has 0 aliphatic rings. The number of aromatic nitrogens is 2. The van der Waals surface area contributed by atoms with E-state index in [1.165, 1.54) is 19.2 Å². The Hall–Kier alpha value is -1.74. The quantitative estimate of drug-likeness (QED) is 0.793. The van der Waals surface area contributed by atoms with Crippen LogP contribution in [0.2, 0.25) is 10.3 Å². The second-order valence-corrected chi connectivity index (χ2v) is 7.71. The smallest absolute Gasteiger partial charge is 0.246 e. The van der Waals surface area contributed by atoms with Crippen LogP contribution in [0.5, 0.6) is 0 Å². The Morgan fingerprint density at radius 3 is 2.62 bits per heavy atom. The van der Waals surface area contributed by atoms with Gasteiger partial charge in [-0.15, -0.1) is 0 Å². The van der Waals surface area contributed by atoms with Gasteiger partial charge in [-0.2, -0.15) is 4.31 Å². The lowest BCUT2D eigenvalue weighted by atomic mass is 10.3. The van der Waals surface area contributed by atoms with Gasteiger partial charge in [-0.25, -0.2) is 18.4 Å². The number of aryl methyl sites for hydroxylation is 1. The number of amides is 1. The summed E-state index contributed by atoms with van der Waals surface area (Å²) in [5, 5.41) is 2.35. The van der Waals surface area contributed by atoms with Crippen LogP contribution >= 0.6 is 23.2 Å². The summed E-state index contributed by atoms with van der Waals surface area (Å²) in [6.45, 7) is 1.44. The highest BCUT2D eigenvalue weighted by Crippen LogP contribution is 2.24. The van der Waals surface area contributed by atoms with Crippen LogP contribution in [0.1, 0.15) is 5.56 Å². The Morgan fingerprint density at radius 1 is 1.29 bits per heavy atom. The topological polar surface area (TPSA) is 92.3 Å². The number of rotatable bonds is 5. The molecule has 0 aromatic carbocycles. The first-order valence-electron chi connectivity index (χ1n) is 6.71. The molecular formula is C14H14Cl2N4O3S. The molecule has 24 heavy (non-hydrogen) atoms. The maximum Gasteiger partial charge on any atom is 0.246 e. The maximum atomic E-state index is 12.5. The van der Waals surface area contributed by atoms with E-state index in [0.29, 0.717) is 5.82 Å². The highest BCUT2D eigenvalue weighted by molar-refractivity contribution is 7.89. The fourth-order valence-electron chi connectivity index (χ4n) is 1.83. The molecule has 2 heterocycles. The van der Waals surface area contributed by atoms with Gasteiger partial charge in [-0.3, -0.25) is 4.79 Å². The second kappa shape index (κ2) is 7.43. The van der Waals surface area contributed by atoms with Crippen LogP contribution in [-0.4, -0.2) is 42.2 Å². The number of sulfonamides is 1. The molecule has 0 aliphatic heterocycles. The van der Waals surface area contributed by atoms with Gasteiger partial charge >= 0.3 is 0 Å². The van der Waals surface area contributed by atoms with E-state index in [2.05, 4.69) is 15.3 Å². The van der Waals surface area contributed by atoms with Crippen molar-refractivity contribution in [1.82, 2.24) is 14.3 Å². The molecule has 128 valence electrons. The Morgan fingerprint density at radius 2 is 2.00 bits per heavy atom. The third-order valence-electron chi connectivity index (χ3n) is 3.02. The third-order valence-corrected chi connectivity index (χ3v) is 5.46. The minimum atomic E-state index is -3.98. The van der Waals surface area contributed by atoms with E-state index in [1.54, 1.807) is 18.3 Å². The van der Waals surface area contributed by atoms with E-state index in [1.807, 2.05) is 6.92 Å². The van der Waals surface area contributed by atoms with Crippen molar-refractivity contribution in [2.75, 3.05) is 18.9 Å². The van der Waals surface area contributed by atoms with Crippen molar-refractivity contribution < 1.29 is 13.2 Å². The van der Waals surface area contributed by atoms with Gasteiger partial charge in [-0.05, 0) is 36.8 Å². The SMILES string of the molecule is Cc1ccnc(NC(=O)CN(C)S(=O)(=O)c2ccc(Cl)nc2Cl)c1. The summed E-state index contributed by atoms with van der Waals surface area (Å²) >= 11 is 11.5. The molecule has 1 N–H and O–H groups in total. The molecule has 0 bridgehead atoms. The number of nitrogens with zero attached hydrogens (tertiary/aromatic N) is 3. The highest BCUT2D eigenvalue weighted by Gasteiger charge is 2.26. The molecule has 10 heteroatoms. The van der Waals surface area contributed by atoms with Crippen LogP contribution < -0.4 is 5.32 Å². The standard InChI is InChI=1S/C14H14Cl2N4O3S/c1-9-5-6-17-12(7-9)19-13(21)8-20(2)24(22,23)10-3-4-11(15)18-14(10)16/h3-7H,8H2,1-2H3,(H,17,19,21). The van der Waals surface area contributed by atoms with Gasteiger partial charge in [0.25, 0.3) is 0 Å². The third kappa shape index (κ3) is 4.41. The number of carbonyl (C=O) groups excluding carboxylic acids is 1. The van der Waals surface area contributed by atoms with Crippen molar-refractivity contribution in [3.8, 4) is 0 Å². The van der Waals surface area contributed by atoms with Gasteiger partial charge in [0.1, 0.15) is 15.9 Å². The Bertz CT molecular complexity index is 874. The van der Waals surface area contributed by atoms with E-state index < -0.39 is 22.5 Å². The first kappa shape index (κ1) is 18.6. The number of nitrogens with one attached hydrogen (secondary N) is 1. The van der Waals surface area contributed by atoms with Crippen molar-refractivity contribution in [1.29, 1.82) is 0 Å². The Kier molecular flexibility index (Phi) is 5.76. The van der Waals surface area contributed by atoms with Crippen LogP contribution in [0.4, 0.5) is 5.82 Å². The normalized spacial score (nSPS) is 11.5. The summed E-state index contributed by atoms with van der Waals surface area (Å²) in [5.74, 6) is -0.186. The van der Waals surface area contributed by atoms with Crippen LogP contribution in [0, 0.1) is 6.92 Å². The van der Waals surface area contributed by atoms with E-state index in [-0.39, 0.29) is 15.2 Å². The zero-order valence-corrected chi connectivity index (χ0v) is 15.2. The maximum absolute atomic E-state index is 12.5. The largest absolute Gasteiger partial charge is 0.310 e. The first-order chi connectivity index (χ1) is 11.2. The number of likely N-dealkylation sites (N-methyl/N-ethyl adjacent to an activating group) is 1. The van der Waals surface area contributed by atoms with Crippen LogP contribution in [0.25, 0.3) is 0 Å². The van der Waals surface area contributed by atoms with E-state index in [0.717, 1.165) is 9.87 Å². The summed E-state index contributed by atoms with van der Waals surface area (Å²) in [5.41, 5.74) is 0.917. The average molecular weight is 389 g/mol. The molecule has 1 amide bonds. The van der Waals surface area contributed by atoms with Gasteiger partial charge in [0.15, 0.2) is 5.15 Å². The predicted octanol–water partition coefficient (Wildman–Crippen LogP) is 2.35. The molecule has 0 saturated carbocycles. The van der Waals surface area contributed by atoms with E-state index in [4.69, 9.17) is 23.2 Å². The lowest BCUT2D eigenvalue weighted by Gasteiger charge is -2.17. The first-order valence-corrected chi connectivity index (χ1v) is 8.90. The predicted molar refractivity (Wildman–Crippen MR) is 91.7 cm³/mol. The molecule has 0 atom stereocenters. The van der Waals surface area contributed by atoms with Gasteiger partial charge in [0.05, 0.1) is 6.54 Å². The zero-order chi connectivity index (χ0) is 17.9. The van der Waals surface area contributed by atoms with Crippen molar-refractivity contribution in [2.45, 2.75) is 11.8 Å². The van der Waals surface area contributed by atoms with Crippen molar-refractivity contribution in [3.05, 3.63) is 46.3 Å². The monoisotopic (exact) mass is 388 g/mol. The van der Waals surface area contributed by atoms with Crippen molar-refractivity contribution in [3.63, 3.8) is 0 Å². The molecule has 0 saturated heterocycles. The molecule has 2 aromatic heterocycles. The van der Waals surface area contributed by atoms with E-state index in [9.17, 15) is 13.2 Å². The molecule has 0 spiro atoms. The highest BCUT2D eigenvalue weighted by atomic mass is 35.5. The summed E-state index contributed by atoms with van der Waals surface area (Å²) in [4.78, 5) is 19.5. The summed E-state index contributed by atoms with van der Waals surface area (Å²) in [6.07, 6.45) is 1.55. The fourth-order valence-corrected chi connectivity index (χ4v) is 3.59. The van der Waals surface area contributed by atoms with Crippen LogP contribution in [0.3, 0.4) is 0 Å². The zero-order valence-electron chi connectivity index (χ0n) is 12.8. The minimum Gasteiger partial charge on any atom is -0.310 e. The molecule has 0 unspecified atom stereocenters. The van der Waals surface area contributed by atoms with E-state index >= 15 is 0 Å². The number of anilines is 1. The summed E-state index contributed by atoms with van der Waals surface area (Å²) < 4.78 is 25.8. The molecule has 2 rings (SSSR count). The number of hydrogen-bond acceptors (Lipinski definition) is 5. The Labute approximate surface area is 149 Å². The Balaban J connectivity index is 2.12. The molecule has 0 radical (unpaired) electrons. The number of halogens is 2. The van der Waals surface area contributed by atoms with Gasteiger partial charge in [0, 0.05) is 13.2 Å². The fraction of sp³-hybridized carbons (Fsp3) is 0.214. The van der Waals surface area contributed by atoms with Crippen LogP contribution in [0.15, 0.2) is 35.4 Å². The summed E-state index contributed by atoms with van der Waals surface area (Å²) in [6, 6.07) is 6.00. The minimum absolute atomic E-state index is 0.0740. The average Bonchev–Trinajstić information content (AvgIpc) is 2.46. The molecule has 0 aliphatic carbocycles.